The number of cyclic esters (lactones) is 1. The second-order valence-electron chi connectivity index (χ2n) is 8.38. The summed E-state index contributed by atoms with van der Waals surface area (Å²) in [7, 11) is 0. The molecule has 154 valence electrons. The highest BCUT2D eigenvalue weighted by atomic mass is 16.6. The van der Waals surface area contributed by atoms with Gasteiger partial charge >= 0.3 is 5.97 Å². The fourth-order valence-electron chi connectivity index (χ4n) is 4.40. The second kappa shape index (κ2) is 9.25. The first-order valence-electron chi connectivity index (χ1n) is 11.0. The Hall–Kier alpha value is -2.94. The van der Waals surface area contributed by atoms with E-state index in [2.05, 4.69) is 24.0 Å². The zero-order chi connectivity index (χ0) is 20.9. The number of hydrogen-bond donors (Lipinski definition) is 0. The molecule has 0 aromatic heterocycles. The maximum Gasteiger partial charge on any atom is 0.363 e. The van der Waals surface area contributed by atoms with Crippen molar-refractivity contribution in [3.05, 3.63) is 88.6 Å². The van der Waals surface area contributed by atoms with Crippen LogP contribution in [0.4, 0.5) is 0 Å². The van der Waals surface area contributed by atoms with E-state index in [4.69, 9.17) is 4.74 Å². The van der Waals surface area contributed by atoms with Crippen LogP contribution in [0, 0.1) is 5.92 Å². The second-order valence-corrected chi connectivity index (χ2v) is 8.38. The van der Waals surface area contributed by atoms with E-state index < -0.39 is 5.97 Å². The summed E-state index contributed by atoms with van der Waals surface area (Å²) in [6, 6.07) is 18.4. The Morgan fingerprint density at radius 1 is 1.03 bits per heavy atom. The smallest absolute Gasteiger partial charge is 0.363 e. The van der Waals surface area contributed by atoms with Gasteiger partial charge in [-0.05, 0) is 79.4 Å². The van der Waals surface area contributed by atoms with Crippen LogP contribution in [0.3, 0.4) is 0 Å². The standard InChI is InChI=1S/C27H29NO2/c1-3-20-9-11-22(12-10-20)23-13-15-24(16-14-23)26-28-25(27(29)30-26)18-19(2)17-21-7-5-4-6-8-21/h4-8,13-18,20,22H,3,9-12H2,1-2H3/b19-17+,25-18+. The van der Waals surface area contributed by atoms with Crippen molar-refractivity contribution in [2.45, 2.75) is 51.9 Å². The lowest BCUT2D eigenvalue weighted by Crippen LogP contribution is -2.13. The molecule has 3 nitrogen and oxygen atoms in total. The number of aliphatic imine (C=N–C) groups is 1. The first kappa shape index (κ1) is 20.3. The molecule has 2 aromatic carbocycles. The molecule has 0 amide bonds. The molecule has 0 unspecified atom stereocenters. The van der Waals surface area contributed by atoms with Crippen LogP contribution in [-0.4, -0.2) is 11.9 Å². The molecule has 1 heterocycles. The van der Waals surface area contributed by atoms with Gasteiger partial charge in [0.15, 0.2) is 5.70 Å². The fourth-order valence-corrected chi connectivity index (χ4v) is 4.40. The van der Waals surface area contributed by atoms with E-state index in [9.17, 15) is 4.79 Å². The molecule has 2 aliphatic rings. The Morgan fingerprint density at radius 3 is 2.40 bits per heavy atom. The van der Waals surface area contributed by atoms with Crippen LogP contribution in [0.1, 0.15) is 68.6 Å². The minimum absolute atomic E-state index is 0.344. The molecule has 0 atom stereocenters. The molecule has 1 aliphatic heterocycles. The van der Waals surface area contributed by atoms with Crippen molar-refractivity contribution >= 4 is 17.9 Å². The molecule has 0 bridgehead atoms. The summed E-state index contributed by atoms with van der Waals surface area (Å²) >= 11 is 0. The molecular weight excluding hydrogens is 370 g/mol. The quantitative estimate of drug-likeness (QED) is 0.416. The monoisotopic (exact) mass is 399 g/mol. The number of allylic oxidation sites excluding steroid dienone is 2. The first-order valence-corrected chi connectivity index (χ1v) is 11.0. The van der Waals surface area contributed by atoms with Crippen LogP contribution in [-0.2, 0) is 9.53 Å². The van der Waals surface area contributed by atoms with Crippen molar-refractivity contribution in [1.29, 1.82) is 0 Å². The Labute approximate surface area is 179 Å². The molecule has 0 saturated heterocycles. The highest BCUT2D eigenvalue weighted by Gasteiger charge is 2.25. The lowest BCUT2D eigenvalue weighted by atomic mass is 9.78. The maximum atomic E-state index is 12.3. The SMILES string of the molecule is CCC1CCC(c2ccc(C3=N/C(=C/C(C)=C/c4ccccc4)C(=O)O3)cc2)CC1. The van der Waals surface area contributed by atoms with Crippen LogP contribution in [0.25, 0.3) is 6.08 Å². The summed E-state index contributed by atoms with van der Waals surface area (Å²) in [4.78, 5) is 16.7. The van der Waals surface area contributed by atoms with Crippen molar-refractivity contribution in [1.82, 2.24) is 0 Å². The van der Waals surface area contributed by atoms with E-state index in [-0.39, 0.29) is 0 Å². The Bertz CT molecular complexity index is 975. The van der Waals surface area contributed by atoms with Gasteiger partial charge in [0.25, 0.3) is 0 Å². The largest absolute Gasteiger partial charge is 0.402 e. The van der Waals surface area contributed by atoms with Crippen LogP contribution in [0.5, 0.6) is 0 Å². The molecule has 0 radical (unpaired) electrons. The summed E-state index contributed by atoms with van der Waals surface area (Å²) in [5.74, 6) is 1.54. The predicted octanol–water partition coefficient (Wildman–Crippen LogP) is 6.66. The number of rotatable bonds is 5. The number of nitrogens with zero attached hydrogens (tertiary/aromatic N) is 1. The number of carbonyl (C=O) groups excluding carboxylic acids is 1. The normalized spacial score (nSPS) is 23.4. The van der Waals surface area contributed by atoms with Crippen molar-refractivity contribution < 1.29 is 9.53 Å². The summed E-state index contributed by atoms with van der Waals surface area (Å²) in [6.45, 7) is 4.26. The molecule has 1 saturated carbocycles. The van der Waals surface area contributed by atoms with Crippen molar-refractivity contribution in [3.8, 4) is 0 Å². The average Bonchev–Trinajstić information content (AvgIpc) is 3.14. The summed E-state index contributed by atoms with van der Waals surface area (Å²) < 4.78 is 5.44. The first-order chi connectivity index (χ1) is 14.6. The number of carbonyl (C=O) groups is 1. The number of benzene rings is 2. The summed E-state index contributed by atoms with van der Waals surface area (Å²) in [5.41, 5.74) is 4.62. The zero-order valence-electron chi connectivity index (χ0n) is 17.8. The van der Waals surface area contributed by atoms with Gasteiger partial charge in [0.1, 0.15) is 0 Å². The van der Waals surface area contributed by atoms with Crippen LogP contribution in [0.2, 0.25) is 0 Å². The molecule has 1 aliphatic carbocycles. The van der Waals surface area contributed by atoms with Gasteiger partial charge in [-0.2, -0.15) is 0 Å². The fraction of sp³-hybridized carbons (Fsp3) is 0.333. The van der Waals surface area contributed by atoms with Crippen molar-refractivity contribution in [3.63, 3.8) is 0 Å². The predicted molar refractivity (Wildman–Crippen MR) is 122 cm³/mol. The number of esters is 1. The molecule has 3 heteroatoms. The Balaban J connectivity index is 1.47. The molecule has 4 rings (SSSR count). The summed E-state index contributed by atoms with van der Waals surface area (Å²) in [5, 5.41) is 0. The van der Waals surface area contributed by atoms with Gasteiger partial charge in [-0.15, -0.1) is 0 Å². The lowest BCUT2D eigenvalue weighted by Gasteiger charge is -2.28. The molecule has 0 N–H and O–H groups in total. The third-order valence-corrected chi connectivity index (χ3v) is 6.23. The molecule has 30 heavy (non-hydrogen) atoms. The Morgan fingerprint density at radius 2 is 1.73 bits per heavy atom. The van der Waals surface area contributed by atoms with E-state index >= 15 is 0 Å². The third-order valence-electron chi connectivity index (χ3n) is 6.23. The number of hydrogen-bond acceptors (Lipinski definition) is 3. The average molecular weight is 400 g/mol. The third kappa shape index (κ3) is 4.79. The molecule has 0 spiro atoms. The molecule has 2 aromatic rings. The van der Waals surface area contributed by atoms with Crippen LogP contribution < -0.4 is 0 Å². The zero-order valence-corrected chi connectivity index (χ0v) is 17.8. The van der Waals surface area contributed by atoms with Gasteiger partial charge in [-0.1, -0.05) is 61.9 Å². The highest BCUT2D eigenvalue weighted by Crippen LogP contribution is 2.37. The van der Waals surface area contributed by atoms with Gasteiger partial charge in [0.2, 0.25) is 5.90 Å². The molecular formula is C27H29NO2. The highest BCUT2D eigenvalue weighted by molar-refractivity contribution is 6.11. The van der Waals surface area contributed by atoms with Crippen molar-refractivity contribution in [2.75, 3.05) is 0 Å². The van der Waals surface area contributed by atoms with Crippen LogP contribution >= 0.6 is 0 Å². The van der Waals surface area contributed by atoms with E-state index in [0.29, 0.717) is 17.5 Å². The van der Waals surface area contributed by atoms with Gasteiger partial charge in [0, 0.05) is 5.56 Å². The Kier molecular flexibility index (Phi) is 6.27. The van der Waals surface area contributed by atoms with Gasteiger partial charge < -0.3 is 4.74 Å². The van der Waals surface area contributed by atoms with E-state index in [1.807, 2.05) is 55.5 Å². The van der Waals surface area contributed by atoms with Crippen molar-refractivity contribution in [2.24, 2.45) is 10.9 Å². The summed E-state index contributed by atoms with van der Waals surface area (Å²) in [6.07, 6.45) is 10.3. The number of ether oxygens (including phenoxy) is 1. The molecule has 1 fully saturated rings. The minimum Gasteiger partial charge on any atom is -0.402 e. The van der Waals surface area contributed by atoms with E-state index in [1.165, 1.54) is 37.7 Å². The van der Waals surface area contributed by atoms with Gasteiger partial charge in [0.05, 0.1) is 0 Å². The van der Waals surface area contributed by atoms with E-state index in [0.717, 1.165) is 22.6 Å². The lowest BCUT2D eigenvalue weighted by molar-refractivity contribution is -0.130. The van der Waals surface area contributed by atoms with Gasteiger partial charge in [-0.25, -0.2) is 9.79 Å². The van der Waals surface area contributed by atoms with Crippen LogP contribution in [0.15, 0.2) is 76.9 Å². The topological polar surface area (TPSA) is 38.7 Å². The minimum atomic E-state index is -0.396. The van der Waals surface area contributed by atoms with E-state index in [1.54, 1.807) is 6.08 Å². The van der Waals surface area contributed by atoms with Gasteiger partial charge in [-0.3, -0.25) is 0 Å². The maximum absolute atomic E-state index is 12.3.